The smallest absolute Gasteiger partial charge is 0.331 e. The van der Waals surface area contributed by atoms with Crippen LogP contribution in [-0.4, -0.2) is 38.2 Å². The van der Waals surface area contributed by atoms with Crippen molar-refractivity contribution in [3.63, 3.8) is 0 Å². The maximum atomic E-state index is 13.2. The lowest BCUT2D eigenvalue weighted by molar-refractivity contribution is -0.143. The van der Waals surface area contributed by atoms with Crippen LogP contribution in [0.15, 0.2) is 30.3 Å². The summed E-state index contributed by atoms with van der Waals surface area (Å²) in [4.78, 5) is 26.7. The van der Waals surface area contributed by atoms with E-state index in [1.165, 1.54) is 4.90 Å². The Balaban J connectivity index is 1.71. The minimum Gasteiger partial charge on any atom is -0.479 e. The van der Waals surface area contributed by atoms with Gasteiger partial charge in [0.1, 0.15) is 0 Å². The van der Waals surface area contributed by atoms with Crippen LogP contribution in [0.4, 0.5) is 0 Å². The zero-order valence-corrected chi connectivity index (χ0v) is 16.0. The van der Waals surface area contributed by atoms with Gasteiger partial charge in [-0.25, -0.2) is 4.79 Å². The van der Waals surface area contributed by atoms with E-state index < -0.39 is 12.0 Å². The molecule has 2 heterocycles. The molecule has 1 saturated carbocycles. The van der Waals surface area contributed by atoms with Crippen molar-refractivity contribution in [2.24, 2.45) is 0 Å². The highest BCUT2D eigenvalue weighted by atomic mass is 16.4. The van der Waals surface area contributed by atoms with Crippen LogP contribution in [0.25, 0.3) is 0 Å². The van der Waals surface area contributed by atoms with E-state index in [4.69, 9.17) is 0 Å². The Bertz CT molecular complexity index is 906. The number of hydrogen-bond acceptors (Lipinski definition) is 3. The lowest BCUT2D eigenvalue weighted by Crippen LogP contribution is -2.43. The number of fused-ring (bicyclic) bond motifs is 1. The van der Waals surface area contributed by atoms with Gasteiger partial charge >= 0.3 is 5.97 Å². The lowest BCUT2D eigenvalue weighted by atomic mass is 9.92. The predicted molar refractivity (Wildman–Crippen MR) is 101 cm³/mol. The second-order valence-electron chi connectivity index (χ2n) is 8.50. The molecule has 1 aromatic heterocycles. The maximum Gasteiger partial charge on any atom is 0.331 e. The molecule has 1 unspecified atom stereocenters. The minimum atomic E-state index is -1.01. The van der Waals surface area contributed by atoms with Crippen molar-refractivity contribution < 1.29 is 14.7 Å². The SMILES string of the molecule is CC(C)(C)n1nc(C(=O)N2CCc3ccccc3C2C(=O)O)cc1C1CC1. The number of aliphatic carboxylic acids is 1. The molecule has 1 atom stereocenters. The molecule has 0 spiro atoms. The first-order valence-electron chi connectivity index (χ1n) is 9.49. The number of amides is 1. The van der Waals surface area contributed by atoms with E-state index in [9.17, 15) is 14.7 Å². The van der Waals surface area contributed by atoms with Gasteiger partial charge in [0.25, 0.3) is 5.91 Å². The molecule has 1 amide bonds. The minimum absolute atomic E-state index is 0.225. The monoisotopic (exact) mass is 367 g/mol. The molecule has 2 aromatic rings. The number of carboxylic acid groups (broad SMARTS) is 1. The molecule has 1 aromatic carbocycles. The normalized spacial score (nSPS) is 19.7. The van der Waals surface area contributed by atoms with E-state index >= 15 is 0 Å². The third-order valence-corrected chi connectivity index (χ3v) is 5.37. The van der Waals surface area contributed by atoms with Crippen molar-refractivity contribution in [2.45, 2.75) is 57.5 Å². The van der Waals surface area contributed by atoms with Crippen LogP contribution in [0, 0.1) is 0 Å². The van der Waals surface area contributed by atoms with E-state index in [0.29, 0.717) is 30.1 Å². The molecule has 1 fully saturated rings. The van der Waals surface area contributed by atoms with Crippen LogP contribution in [0.5, 0.6) is 0 Å². The average molecular weight is 367 g/mol. The molecule has 27 heavy (non-hydrogen) atoms. The fourth-order valence-corrected chi connectivity index (χ4v) is 3.91. The number of carbonyl (C=O) groups is 2. The van der Waals surface area contributed by atoms with Gasteiger partial charge in [-0.3, -0.25) is 9.48 Å². The van der Waals surface area contributed by atoms with E-state index in [0.717, 1.165) is 24.1 Å². The number of carbonyl (C=O) groups excluding carboxylic acids is 1. The van der Waals surface area contributed by atoms with Crippen LogP contribution < -0.4 is 0 Å². The summed E-state index contributed by atoms with van der Waals surface area (Å²) in [5.41, 5.74) is 2.89. The Kier molecular flexibility index (Phi) is 4.09. The van der Waals surface area contributed by atoms with E-state index in [-0.39, 0.29) is 11.4 Å². The first-order chi connectivity index (χ1) is 12.8. The van der Waals surface area contributed by atoms with Crippen LogP contribution in [-0.2, 0) is 16.8 Å². The third kappa shape index (κ3) is 3.13. The zero-order valence-electron chi connectivity index (χ0n) is 16.0. The first kappa shape index (κ1) is 17.8. The van der Waals surface area contributed by atoms with Gasteiger partial charge in [0, 0.05) is 18.2 Å². The van der Waals surface area contributed by atoms with Gasteiger partial charge in [-0.15, -0.1) is 0 Å². The highest BCUT2D eigenvalue weighted by Gasteiger charge is 2.39. The molecule has 6 nitrogen and oxygen atoms in total. The molecule has 4 rings (SSSR count). The number of aromatic nitrogens is 2. The average Bonchev–Trinajstić information content (AvgIpc) is 3.36. The molecule has 1 aliphatic heterocycles. The molecule has 0 saturated heterocycles. The summed E-state index contributed by atoms with van der Waals surface area (Å²) in [5.74, 6) is -0.856. The fraction of sp³-hybridized carbons (Fsp3) is 0.476. The number of rotatable bonds is 3. The molecular formula is C21H25N3O3. The lowest BCUT2D eigenvalue weighted by Gasteiger charge is -2.34. The van der Waals surface area contributed by atoms with Crippen molar-refractivity contribution >= 4 is 11.9 Å². The first-order valence-corrected chi connectivity index (χ1v) is 9.49. The van der Waals surface area contributed by atoms with Gasteiger partial charge in [0.05, 0.1) is 5.54 Å². The summed E-state index contributed by atoms with van der Waals surface area (Å²) >= 11 is 0. The summed E-state index contributed by atoms with van der Waals surface area (Å²) in [5, 5.41) is 14.4. The number of carboxylic acids is 1. The molecule has 2 aliphatic rings. The van der Waals surface area contributed by atoms with E-state index in [1.807, 2.05) is 28.9 Å². The Morgan fingerprint density at radius 1 is 1.19 bits per heavy atom. The van der Waals surface area contributed by atoms with Crippen molar-refractivity contribution in [3.05, 3.63) is 52.8 Å². The van der Waals surface area contributed by atoms with E-state index in [2.05, 4.69) is 25.9 Å². The van der Waals surface area contributed by atoms with Gasteiger partial charge in [-0.1, -0.05) is 24.3 Å². The molecule has 0 bridgehead atoms. The quantitative estimate of drug-likeness (QED) is 0.903. The van der Waals surface area contributed by atoms with Gasteiger partial charge in [-0.05, 0) is 57.2 Å². The maximum absolute atomic E-state index is 13.2. The van der Waals surface area contributed by atoms with Gasteiger partial charge in [-0.2, -0.15) is 5.10 Å². The van der Waals surface area contributed by atoms with Gasteiger partial charge in [0.2, 0.25) is 0 Å². The summed E-state index contributed by atoms with van der Waals surface area (Å²) in [6, 6.07) is 8.37. The number of nitrogens with zero attached hydrogens (tertiary/aromatic N) is 3. The second-order valence-corrected chi connectivity index (χ2v) is 8.50. The predicted octanol–water partition coefficient (Wildman–Crippen LogP) is 3.34. The van der Waals surface area contributed by atoms with Crippen LogP contribution in [0.2, 0.25) is 0 Å². The third-order valence-electron chi connectivity index (χ3n) is 5.37. The highest BCUT2D eigenvalue weighted by Crippen LogP contribution is 2.42. The van der Waals surface area contributed by atoms with Gasteiger partial charge in [0.15, 0.2) is 11.7 Å². The van der Waals surface area contributed by atoms with Crippen molar-refractivity contribution in [3.8, 4) is 0 Å². The van der Waals surface area contributed by atoms with Crippen molar-refractivity contribution in [1.82, 2.24) is 14.7 Å². The standard InChI is InChI=1S/C21H25N3O3/c1-21(2,3)24-17(14-8-9-14)12-16(22-24)19(25)23-11-10-13-6-4-5-7-15(13)18(23)20(26)27/h4-7,12,14,18H,8-11H2,1-3H3,(H,26,27). The Morgan fingerprint density at radius 2 is 1.89 bits per heavy atom. The van der Waals surface area contributed by atoms with Crippen LogP contribution >= 0.6 is 0 Å². The summed E-state index contributed by atoms with van der Waals surface area (Å²) in [7, 11) is 0. The highest BCUT2D eigenvalue weighted by molar-refractivity contribution is 5.96. The molecule has 1 aliphatic carbocycles. The molecule has 0 radical (unpaired) electrons. The fourth-order valence-electron chi connectivity index (χ4n) is 3.91. The number of hydrogen-bond donors (Lipinski definition) is 1. The van der Waals surface area contributed by atoms with Crippen molar-refractivity contribution in [1.29, 1.82) is 0 Å². The largest absolute Gasteiger partial charge is 0.479 e. The second kappa shape index (κ2) is 6.22. The Labute approximate surface area is 158 Å². The topological polar surface area (TPSA) is 75.4 Å². The van der Waals surface area contributed by atoms with Crippen LogP contribution in [0.1, 0.15) is 72.9 Å². The summed E-state index contributed by atoms with van der Waals surface area (Å²) < 4.78 is 1.94. The van der Waals surface area contributed by atoms with Gasteiger partial charge < -0.3 is 10.0 Å². The molecular weight excluding hydrogens is 342 g/mol. The Hall–Kier alpha value is -2.63. The zero-order chi connectivity index (χ0) is 19.3. The van der Waals surface area contributed by atoms with E-state index in [1.54, 1.807) is 6.07 Å². The summed E-state index contributed by atoms with van der Waals surface area (Å²) in [6.45, 7) is 6.58. The molecule has 6 heteroatoms. The molecule has 1 N–H and O–H groups in total. The van der Waals surface area contributed by atoms with Crippen LogP contribution in [0.3, 0.4) is 0 Å². The summed E-state index contributed by atoms with van der Waals surface area (Å²) in [6.07, 6.45) is 2.88. The van der Waals surface area contributed by atoms with Crippen molar-refractivity contribution in [2.75, 3.05) is 6.54 Å². The molecule has 142 valence electrons. The Morgan fingerprint density at radius 3 is 2.52 bits per heavy atom. The number of benzene rings is 1.